The van der Waals surface area contributed by atoms with Crippen LogP contribution in [0.15, 0.2) is 55.6 Å². The average Bonchev–Trinajstić information content (AvgIpc) is 3.34. The lowest BCUT2D eigenvalue weighted by Gasteiger charge is -2.30. The van der Waals surface area contributed by atoms with Crippen molar-refractivity contribution in [2.45, 2.75) is 23.7 Å². The highest BCUT2D eigenvalue weighted by atomic mass is 79.9. The van der Waals surface area contributed by atoms with Crippen LogP contribution in [0.3, 0.4) is 0 Å². The van der Waals surface area contributed by atoms with E-state index in [1.807, 2.05) is 17.5 Å². The number of rotatable bonds is 4. The number of halogens is 1. The highest BCUT2D eigenvalue weighted by Gasteiger charge is 2.33. The Bertz CT molecular complexity index is 985. The van der Waals surface area contributed by atoms with Crippen LogP contribution in [0.25, 0.3) is 10.8 Å². The van der Waals surface area contributed by atoms with E-state index in [0.29, 0.717) is 29.8 Å². The van der Waals surface area contributed by atoms with Gasteiger partial charge in [0.15, 0.2) is 0 Å². The summed E-state index contributed by atoms with van der Waals surface area (Å²) in [6, 6.07) is 10.6. The minimum Gasteiger partial charge on any atom is -0.420 e. The lowest BCUT2D eigenvalue weighted by molar-refractivity contribution is 0.286. The fourth-order valence-electron chi connectivity index (χ4n) is 3.02. The lowest BCUT2D eigenvalue weighted by atomic mass is 10.00. The molecule has 0 saturated carbocycles. The molecule has 1 aliphatic rings. The third-order valence-electron chi connectivity index (χ3n) is 4.36. The molecule has 1 fully saturated rings. The van der Waals surface area contributed by atoms with Gasteiger partial charge in [0.25, 0.3) is 5.89 Å². The second-order valence-electron chi connectivity index (χ2n) is 6.08. The third-order valence-corrected chi connectivity index (χ3v) is 7.62. The van der Waals surface area contributed by atoms with Crippen LogP contribution in [0, 0.1) is 0 Å². The second-order valence-corrected chi connectivity index (χ2v) is 9.88. The maximum absolute atomic E-state index is 12.9. The van der Waals surface area contributed by atoms with Crippen molar-refractivity contribution in [1.82, 2.24) is 14.5 Å². The molecule has 9 heteroatoms. The summed E-state index contributed by atoms with van der Waals surface area (Å²) in [5, 5.41) is 10.2. The Morgan fingerprint density at radius 3 is 2.73 bits per heavy atom. The zero-order valence-electron chi connectivity index (χ0n) is 13.7. The van der Waals surface area contributed by atoms with Crippen molar-refractivity contribution in [3.05, 3.63) is 52.1 Å². The number of hydrogen-bond acceptors (Lipinski definition) is 6. The van der Waals surface area contributed by atoms with Crippen LogP contribution in [0.2, 0.25) is 0 Å². The molecule has 0 spiro atoms. The summed E-state index contributed by atoms with van der Waals surface area (Å²) in [7, 11) is -3.53. The van der Waals surface area contributed by atoms with Gasteiger partial charge >= 0.3 is 0 Å². The first-order valence-corrected chi connectivity index (χ1v) is 11.3. The molecule has 0 N–H and O–H groups in total. The van der Waals surface area contributed by atoms with Crippen molar-refractivity contribution in [3.63, 3.8) is 0 Å². The van der Waals surface area contributed by atoms with Gasteiger partial charge in [0, 0.05) is 17.6 Å². The molecule has 2 aromatic heterocycles. The van der Waals surface area contributed by atoms with Crippen molar-refractivity contribution in [1.29, 1.82) is 0 Å². The molecular formula is C17H16BrN3O3S2. The van der Waals surface area contributed by atoms with E-state index in [1.54, 1.807) is 24.3 Å². The normalized spacial score (nSPS) is 18.9. The van der Waals surface area contributed by atoms with Crippen molar-refractivity contribution >= 4 is 37.3 Å². The number of thiophene rings is 1. The summed E-state index contributed by atoms with van der Waals surface area (Å²) < 4.78 is 34.0. The largest absolute Gasteiger partial charge is 0.420 e. The van der Waals surface area contributed by atoms with E-state index in [0.717, 1.165) is 22.2 Å². The molecule has 26 heavy (non-hydrogen) atoms. The first-order chi connectivity index (χ1) is 12.5. The Balaban J connectivity index is 1.55. The SMILES string of the molecule is O=S(=O)(c1ccc(Br)cc1)N1CCCC(c2nnc(-c3cccs3)o2)C1. The Kier molecular flexibility index (Phi) is 4.96. The summed E-state index contributed by atoms with van der Waals surface area (Å²) in [5.41, 5.74) is 0. The van der Waals surface area contributed by atoms with Gasteiger partial charge in [-0.15, -0.1) is 21.5 Å². The molecule has 0 radical (unpaired) electrons. The van der Waals surface area contributed by atoms with Gasteiger partial charge in [-0.3, -0.25) is 0 Å². The van der Waals surface area contributed by atoms with E-state index in [2.05, 4.69) is 26.1 Å². The number of nitrogens with zero attached hydrogens (tertiary/aromatic N) is 3. The van der Waals surface area contributed by atoms with Gasteiger partial charge in [-0.1, -0.05) is 22.0 Å². The van der Waals surface area contributed by atoms with Gasteiger partial charge in [0.2, 0.25) is 15.9 Å². The first kappa shape index (κ1) is 17.8. The smallest absolute Gasteiger partial charge is 0.257 e. The molecule has 3 heterocycles. The molecule has 3 aromatic rings. The van der Waals surface area contributed by atoms with Gasteiger partial charge in [0.1, 0.15) is 0 Å². The molecule has 1 aromatic carbocycles. The number of hydrogen-bond donors (Lipinski definition) is 0. The number of aromatic nitrogens is 2. The zero-order valence-corrected chi connectivity index (χ0v) is 16.9. The lowest BCUT2D eigenvalue weighted by Crippen LogP contribution is -2.39. The van der Waals surface area contributed by atoms with E-state index in [4.69, 9.17) is 4.42 Å². The topological polar surface area (TPSA) is 76.3 Å². The van der Waals surface area contributed by atoms with Gasteiger partial charge in [-0.05, 0) is 48.6 Å². The molecule has 0 amide bonds. The Hall–Kier alpha value is -1.55. The highest BCUT2D eigenvalue weighted by Crippen LogP contribution is 2.32. The predicted molar refractivity (Wildman–Crippen MR) is 102 cm³/mol. The molecule has 1 saturated heterocycles. The standard InChI is InChI=1S/C17H16BrN3O3S2/c18-13-5-7-14(8-6-13)26(22,23)21-9-1-3-12(11-21)16-19-20-17(24-16)15-4-2-10-25-15/h2,4-8,10,12H,1,3,9,11H2. The Morgan fingerprint density at radius 2 is 2.00 bits per heavy atom. The van der Waals surface area contributed by atoms with Crippen LogP contribution >= 0.6 is 27.3 Å². The van der Waals surface area contributed by atoms with Crippen molar-refractivity contribution in [2.24, 2.45) is 0 Å². The predicted octanol–water partition coefficient (Wildman–Crippen LogP) is 4.13. The Morgan fingerprint density at radius 1 is 1.19 bits per heavy atom. The summed E-state index contributed by atoms with van der Waals surface area (Å²) in [5.74, 6) is 0.905. The molecule has 1 aliphatic heterocycles. The van der Waals surface area contributed by atoms with Gasteiger partial charge in [-0.25, -0.2) is 8.42 Å². The fraction of sp³-hybridized carbons (Fsp3) is 0.294. The van der Waals surface area contributed by atoms with Crippen LogP contribution in [0.5, 0.6) is 0 Å². The highest BCUT2D eigenvalue weighted by molar-refractivity contribution is 9.10. The van der Waals surface area contributed by atoms with Crippen LogP contribution in [0.1, 0.15) is 24.7 Å². The van der Waals surface area contributed by atoms with Crippen molar-refractivity contribution in [2.75, 3.05) is 13.1 Å². The maximum atomic E-state index is 12.9. The van der Waals surface area contributed by atoms with Crippen LogP contribution in [-0.4, -0.2) is 36.0 Å². The summed E-state index contributed by atoms with van der Waals surface area (Å²) in [6.07, 6.45) is 1.59. The van der Waals surface area contributed by atoms with Gasteiger partial charge in [0.05, 0.1) is 15.7 Å². The van der Waals surface area contributed by atoms with Crippen LogP contribution in [-0.2, 0) is 10.0 Å². The molecule has 6 nitrogen and oxygen atoms in total. The minimum atomic E-state index is -3.53. The van der Waals surface area contributed by atoms with E-state index in [9.17, 15) is 8.42 Å². The molecule has 136 valence electrons. The van der Waals surface area contributed by atoms with Crippen LogP contribution < -0.4 is 0 Å². The number of piperidine rings is 1. The van der Waals surface area contributed by atoms with Crippen molar-refractivity contribution < 1.29 is 12.8 Å². The van der Waals surface area contributed by atoms with Gasteiger partial charge < -0.3 is 4.42 Å². The minimum absolute atomic E-state index is 0.0878. The second kappa shape index (κ2) is 7.22. The third kappa shape index (κ3) is 3.48. The van der Waals surface area contributed by atoms with E-state index < -0.39 is 10.0 Å². The molecular weight excluding hydrogens is 438 g/mol. The van der Waals surface area contributed by atoms with Gasteiger partial charge in [-0.2, -0.15) is 4.31 Å². The quantitative estimate of drug-likeness (QED) is 0.593. The summed E-state index contributed by atoms with van der Waals surface area (Å²) >= 11 is 4.86. The van der Waals surface area contributed by atoms with Crippen molar-refractivity contribution in [3.8, 4) is 10.8 Å². The molecule has 0 aliphatic carbocycles. The number of benzene rings is 1. The van der Waals surface area contributed by atoms with E-state index in [1.165, 1.54) is 15.6 Å². The van der Waals surface area contributed by atoms with Crippen LogP contribution in [0.4, 0.5) is 0 Å². The molecule has 1 unspecified atom stereocenters. The molecule has 0 bridgehead atoms. The monoisotopic (exact) mass is 453 g/mol. The fourth-order valence-corrected chi connectivity index (χ4v) is 5.45. The van der Waals surface area contributed by atoms with E-state index in [-0.39, 0.29) is 5.92 Å². The Labute approximate surface area is 164 Å². The number of sulfonamides is 1. The van der Waals surface area contributed by atoms with E-state index >= 15 is 0 Å². The maximum Gasteiger partial charge on any atom is 0.257 e. The average molecular weight is 454 g/mol. The molecule has 4 rings (SSSR count). The summed E-state index contributed by atoms with van der Waals surface area (Å²) in [6.45, 7) is 0.852. The molecule has 1 atom stereocenters. The zero-order chi connectivity index (χ0) is 18.1. The first-order valence-electron chi connectivity index (χ1n) is 8.17. The summed E-state index contributed by atoms with van der Waals surface area (Å²) in [4.78, 5) is 1.21.